The van der Waals surface area contributed by atoms with Crippen LogP contribution in [0, 0.1) is 17.6 Å². The number of pyridine rings is 1. The lowest BCUT2D eigenvalue weighted by Gasteiger charge is -2.21. The third-order valence-corrected chi connectivity index (χ3v) is 5.14. The van der Waals surface area contributed by atoms with Crippen LogP contribution in [0.3, 0.4) is 0 Å². The van der Waals surface area contributed by atoms with E-state index in [0.29, 0.717) is 30.7 Å². The van der Waals surface area contributed by atoms with Crippen LogP contribution in [-0.2, 0) is 4.74 Å². The highest BCUT2D eigenvalue weighted by Crippen LogP contribution is 2.38. The summed E-state index contributed by atoms with van der Waals surface area (Å²) < 4.78 is 49.9. The summed E-state index contributed by atoms with van der Waals surface area (Å²) in [6, 6.07) is 5.29. The second-order valence-electron chi connectivity index (χ2n) is 6.82. The van der Waals surface area contributed by atoms with Gasteiger partial charge in [-0.15, -0.1) is 0 Å². The molecule has 1 aliphatic heterocycles. The molecule has 29 heavy (non-hydrogen) atoms. The molecule has 3 rings (SSSR count). The van der Waals surface area contributed by atoms with Crippen LogP contribution in [0.25, 0.3) is 0 Å². The Balaban J connectivity index is 0.000000687. The van der Waals surface area contributed by atoms with E-state index in [4.69, 9.17) is 16.3 Å². The number of nitrogens with one attached hydrogen (secondary N) is 1. The minimum absolute atomic E-state index is 0.0111. The first-order valence-electron chi connectivity index (χ1n) is 8.84. The molecule has 5 nitrogen and oxygen atoms in total. The molecule has 1 N–H and O–H groups in total. The maximum Gasteiger partial charge on any atom is 0.214 e. The Bertz CT molecular complexity index is 826. The second kappa shape index (κ2) is 10.9. The topological polar surface area (TPSA) is 40.6 Å². The quantitative estimate of drug-likeness (QED) is 0.407. The highest BCUT2D eigenvalue weighted by molar-refractivity contribution is 8.00. The molecule has 0 saturated carbocycles. The van der Waals surface area contributed by atoms with Gasteiger partial charge in [0.15, 0.2) is 5.82 Å². The fraction of sp³-hybridized carbons (Fsp3) is 0.421. The van der Waals surface area contributed by atoms with E-state index < -0.39 is 17.6 Å². The van der Waals surface area contributed by atoms with E-state index in [1.807, 2.05) is 26.0 Å². The SMILES string of the molecule is CN(C)C.COC1CCN(c2cc(F)c(SNc3cccc(F)n3)c(F)c2Cl)C1. The van der Waals surface area contributed by atoms with E-state index in [-0.39, 0.29) is 21.8 Å². The normalized spacial score (nSPS) is 16.0. The Morgan fingerprint density at radius 1 is 1.28 bits per heavy atom. The molecule has 0 amide bonds. The summed E-state index contributed by atoms with van der Waals surface area (Å²) in [4.78, 5) is 7.06. The molecule has 1 fully saturated rings. The molecule has 2 heterocycles. The molecule has 160 valence electrons. The van der Waals surface area contributed by atoms with Gasteiger partial charge in [-0.25, -0.2) is 13.8 Å². The van der Waals surface area contributed by atoms with Crippen LogP contribution in [0.5, 0.6) is 0 Å². The average molecular weight is 449 g/mol. The fourth-order valence-electron chi connectivity index (χ4n) is 2.60. The second-order valence-corrected chi connectivity index (χ2v) is 8.01. The molecule has 10 heteroatoms. The Morgan fingerprint density at radius 2 is 1.97 bits per heavy atom. The summed E-state index contributed by atoms with van der Waals surface area (Å²) in [5.41, 5.74) is 0.296. The molecule has 1 aromatic heterocycles. The minimum Gasteiger partial charge on any atom is -0.380 e. The predicted molar refractivity (Wildman–Crippen MR) is 112 cm³/mol. The molecular formula is C19H24ClF3N4OS. The van der Waals surface area contributed by atoms with E-state index in [0.717, 1.165) is 6.42 Å². The van der Waals surface area contributed by atoms with Crippen molar-refractivity contribution in [3.8, 4) is 0 Å². The lowest BCUT2D eigenvalue weighted by atomic mass is 10.2. The fourth-order valence-corrected chi connectivity index (χ4v) is 3.59. The van der Waals surface area contributed by atoms with E-state index in [1.165, 1.54) is 24.3 Å². The smallest absolute Gasteiger partial charge is 0.214 e. The molecular weight excluding hydrogens is 425 g/mol. The van der Waals surface area contributed by atoms with Gasteiger partial charge >= 0.3 is 0 Å². The number of anilines is 2. The van der Waals surface area contributed by atoms with Crippen molar-refractivity contribution < 1.29 is 17.9 Å². The van der Waals surface area contributed by atoms with Crippen LogP contribution in [0.1, 0.15) is 6.42 Å². The third kappa shape index (κ3) is 6.67. The number of rotatable bonds is 5. The van der Waals surface area contributed by atoms with Gasteiger partial charge in [-0.2, -0.15) is 4.39 Å². The highest BCUT2D eigenvalue weighted by Gasteiger charge is 2.27. The molecule has 1 aromatic carbocycles. The van der Waals surface area contributed by atoms with Crippen LogP contribution in [0.4, 0.5) is 24.7 Å². The first-order valence-corrected chi connectivity index (χ1v) is 10.0. The van der Waals surface area contributed by atoms with Crippen LogP contribution in [0.2, 0.25) is 5.02 Å². The van der Waals surface area contributed by atoms with Crippen LogP contribution in [0.15, 0.2) is 29.2 Å². The van der Waals surface area contributed by atoms with Crippen LogP contribution < -0.4 is 9.62 Å². The van der Waals surface area contributed by atoms with Gasteiger partial charge < -0.3 is 19.3 Å². The van der Waals surface area contributed by atoms with E-state index in [1.54, 1.807) is 12.0 Å². The molecule has 1 atom stereocenters. The molecule has 1 unspecified atom stereocenters. The summed E-state index contributed by atoms with van der Waals surface area (Å²) in [6.07, 6.45) is 0.774. The Morgan fingerprint density at radius 3 is 2.55 bits per heavy atom. The van der Waals surface area contributed by atoms with E-state index in [9.17, 15) is 13.2 Å². The summed E-state index contributed by atoms with van der Waals surface area (Å²) in [5, 5.41) is -0.158. The lowest BCUT2D eigenvalue weighted by molar-refractivity contribution is 0.121. The third-order valence-electron chi connectivity index (χ3n) is 3.89. The van der Waals surface area contributed by atoms with Gasteiger partial charge in [-0.05, 0) is 51.6 Å². The summed E-state index contributed by atoms with van der Waals surface area (Å²) >= 11 is 6.76. The van der Waals surface area contributed by atoms with Gasteiger partial charge in [0.05, 0.1) is 11.8 Å². The summed E-state index contributed by atoms with van der Waals surface area (Å²) in [7, 11) is 7.60. The molecule has 0 bridgehead atoms. The first kappa shape index (κ1) is 23.6. The molecule has 1 aliphatic rings. The monoisotopic (exact) mass is 448 g/mol. The van der Waals surface area contributed by atoms with Gasteiger partial charge in [0.2, 0.25) is 5.95 Å². The van der Waals surface area contributed by atoms with Gasteiger partial charge in [-0.1, -0.05) is 17.7 Å². The van der Waals surface area contributed by atoms with E-state index in [2.05, 4.69) is 9.71 Å². The van der Waals surface area contributed by atoms with Crippen molar-refractivity contribution in [2.24, 2.45) is 0 Å². The minimum atomic E-state index is -0.869. The Hall–Kier alpha value is -1.68. The molecule has 0 radical (unpaired) electrons. The van der Waals surface area contributed by atoms with Crippen molar-refractivity contribution in [3.63, 3.8) is 0 Å². The zero-order chi connectivity index (χ0) is 21.6. The van der Waals surface area contributed by atoms with Crippen molar-refractivity contribution in [1.29, 1.82) is 0 Å². The molecule has 0 aliphatic carbocycles. The number of hydrogen-bond donors (Lipinski definition) is 1. The summed E-state index contributed by atoms with van der Waals surface area (Å²) in [6.45, 7) is 1.13. The number of nitrogens with zero attached hydrogens (tertiary/aromatic N) is 3. The van der Waals surface area contributed by atoms with E-state index >= 15 is 0 Å². The Labute approximate surface area is 178 Å². The van der Waals surface area contributed by atoms with Crippen molar-refractivity contribution in [3.05, 3.63) is 46.9 Å². The zero-order valence-electron chi connectivity index (χ0n) is 16.7. The van der Waals surface area contributed by atoms with Crippen molar-refractivity contribution >= 4 is 35.1 Å². The number of halogens is 4. The highest BCUT2D eigenvalue weighted by atomic mass is 35.5. The first-order chi connectivity index (χ1) is 13.7. The zero-order valence-corrected chi connectivity index (χ0v) is 18.3. The maximum atomic E-state index is 14.6. The van der Waals surface area contributed by atoms with Gasteiger partial charge in [0.1, 0.15) is 21.6 Å². The number of ether oxygens (including phenoxy) is 1. The van der Waals surface area contributed by atoms with Crippen LogP contribution >= 0.6 is 23.5 Å². The van der Waals surface area contributed by atoms with Crippen molar-refractivity contribution in [2.75, 3.05) is 51.0 Å². The molecule has 1 saturated heterocycles. The average Bonchev–Trinajstić information content (AvgIpc) is 3.13. The van der Waals surface area contributed by atoms with Crippen LogP contribution in [-0.4, -0.2) is 57.3 Å². The number of aromatic nitrogens is 1. The van der Waals surface area contributed by atoms with Gasteiger partial charge in [0, 0.05) is 26.3 Å². The standard InChI is InChI=1S/C16H15ClF3N3OS.C3H9N/c1-24-9-5-6-23(8-9)11-7-10(18)16(15(20)14(11)17)25-22-13-4-2-3-12(19)21-13;1-4(2)3/h2-4,7,9H,5-6,8H2,1H3,(H,21,22);1-3H3. The largest absolute Gasteiger partial charge is 0.380 e. The summed E-state index contributed by atoms with van der Waals surface area (Å²) in [5.74, 6) is -2.17. The number of hydrogen-bond acceptors (Lipinski definition) is 6. The van der Waals surface area contributed by atoms with Crippen molar-refractivity contribution in [2.45, 2.75) is 17.4 Å². The Kier molecular flexibility index (Phi) is 8.88. The van der Waals surface area contributed by atoms with Gasteiger partial charge in [-0.3, -0.25) is 0 Å². The van der Waals surface area contributed by atoms with Gasteiger partial charge in [0.25, 0.3) is 0 Å². The number of benzene rings is 1. The molecule has 0 spiro atoms. The maximum absolute atomic E-state index is 14.6. The lowest BCUT2D eigenvalue weighted by Crippen LogP contribution is -2.23. The number of methoxy groups -OCH3 is 1. The van der Waals surface area contributed by atoms with Crippen molar-refractivity contribution in [1.82, 2.24) is 9.88 Å². The predicted octanol–water partition coefficient (Wildman–Crippen LogP) is 4.67. The molecule has 2 aromatic rings.